The molecule has 0 unspecified atom stereocenters. The number of carbonyl (C=O) groups is 1. The number of H-pyrrole nitrogens is 1. The third kappa shape index (κ3) is 4.05. The highest BCUT2D eigenvalue weighted by atomic mass is 16.5. The van der Waals surface area contributed by atoms with Crippen LogP contribution in [0.4, 0.5) is 5.82 Å². The normalized spacial score (nSPS) is 11.0. The molecule has 2 heterocycles. The van der Waals surface area contributed by atoms with Crippen LogP contribution in [0.15, 0.2) is 42.5 Å². The summed E-state index contributed by atoms with van der Waals surface area (Å²) in [6, 6.07) is 13.0. The number of nitrogens with two attached hydrogens (primary N) is 1. The number of hydrogen-bond donors (Lipinski definition) is 3. The monoisotopic (exact) mass is 449 g/mol. The molecule has 4 N–H and O–H groups in total. The molecule has 172 valence electrons. The Morgan fingerprint density at radius 3 is 2.45 bits per heavy atom. The van der Waals surface area contributed by atoms with Crippen LogP contribution in [0.1, 0.15) is 12.6 Å². The van der Waals surface area contributed by atoms with E-state index in [0.717, 1.165) is 11.0 Å². The van der Waals surface area contributed by atoms with Crippen LogP contribution in [0.2, 0.25) is 0 Å². The summed E-state index contributed by atoms with van der Waals surface area (Å²) in [4.78, 5) is 21.2. The molecule has 0 aliphatic rings. The van der Waals surface area contributed by atoms with Gasteiger partial charge in [0.15, 0.2) is 0 Å². The van der Waals surface area contributed by atoms with Gasteiger partial charge in [0.2, 0.25) is 5.91 Å². The molecule has 33 heavy (non-hydrogen) atoms. The van der Waals surface area contributed by atoms with Gasteiger partial charge in [-0.1, -0.05) is 12.1 Å². The lowest BCUT2D eigenvalue weighted by molar-refractivity contribution is -0.127. The number of hydrogen-bond acceptors (Lipinski definition) is 6. The molecule has 0 aliphatic carbocycles. The fourth-order valence-corrected chi connectivity index (χ4v) is 3.81. The average Bonchev–Trinajstić information content (AvgIpc) is 3.34. The summed E-state index contributed by atoms with van der Waals surface area (Å²) in [5, 5.41) is 11.3. The van der Waals surface area contributed by atoms with Crippen molar-refractivity contribution in [2.75, 3.05) is 33.5 Å². The topological polar surface area (TPSA) is 119 Å². The Labute approximate surface area is 191 Å². The van der Waals surface area contributed by atoms with E-state index in [-0.39, 0.29) is 11.7 Å². The molecule has 0 radical (unpaired) electrons. The minimum Gasteiger partial charge on any atom is -0.505 e. The Morgan fingerprint density at radius 2 is 1.85 bits per heavy atom. The van der Waals surface area contributed by atoms with E-state index in [2.05, 4.69) is 9.97 Å². The molecule has 2 aromatic carbocycles. The van der Waals surface area contributed by atoms with Crippen molar-refractivity contribution in [1.82, 2.24) is 19.4 Å². The van der Waals surface area contributed by atoms with Crippen molar-refractivity contribution in [2.45, 2.75) is 13.3 Å². The van der Waals surface area contributed by atoms with Crippen molar-refractivity contribution in [3.63, 3.8) is 0 Å². The number of nitrogens with zero attached hydrogens (tertiary/aromatic N) is 3. The van der Waals surface area contributed by atoms with Gasteiger partial charge in [0.05, 0.1) is 36.6 Å². The molecule has 0 atom stereocenters. The van der Waals surface area contributed by atoms with Crippen molar-refractivity contribution in [1.29, 1.82) is 0 Å². The van der Waals surface area contributed by atoms with E-state index in [1.54, 1.807) is 48.9 Å². The van der Waals surface area contributed by atoms with Gasteiger partial charge in [0.1, 0.15) is 34.5 Å². The van der Waals surface area contributed by atoms with Crippen molar-refractivity contribution in [2.24, 2.45) is 0 Å². The molecule has 1 amide bonds. The first-order valence-corrected chi connectivity index (χ1v) is 10.5. The zero-order valence-corrected chi connectivity index (χ0v) is 19.0. The van der Waals surface area contributed by atoms with Crippen molar-refractivity contribution < 1.29 is 19.4 Å². The first-order valence-electron chi connectivity index (χ1n) is 10.5. The maximum Gasteiger partial charge on any atom is 0.219 e. The number of methoxy groups -OCH3 is 2. The molecule has 0 fully saturated rings. The zero-order chi connectivity index (χ0) is 23.7. The number of ether oxygens (including phenoxy) is 2. The van der Waals surface area contributed by atoms with E-state index in [9.17, 15) is 9.90 Å². The van der Waals surface area contributed by atoms with Crippen LogP contribution in [0.3, 0.4) is 0 Å². The third-order valence-electron chi connectivity index (χ3n) is 5.72. The number of nitrogens with one attached hydrogen (secondary N) is 1. The molecule has 9 nitrogen and oxygen atoms in total. The van der Waals surface area contributed by atoms with Crippen LogP contribution in [-0.4, -0.2) is 58.3 Å². The van der Waals surface area contributed by atoms with Crippen LogP contribution in [0.5, 0.6) is 17.2 Å². The van der Waals surface area contributed by atoms with E-state index in [1.165, 1.54) is 6.92 Å². The first kappa shape index (κ1) is 22.1. The number of aromatic nitrogens is 3. The number of fused-ring (bicyclic) bond motifs is 1. The van der Waals surface area contributed by atoms with Crippen LogP contribution < -0.4 is 15.2 Å². The highest BCUT2D eigenvalue weighted by Gasteiger charge is 2.26. The smallest absolute Gasteiger partial charge is 0.219 e. The molecular formula is C24H27N5O4. The summed E-state index contributed by atoms with van der Waals surface area (Å²) in [6.45, 7) is 1.90. The molecule has 0 spiro atoms. The van der Waals surface area contributed by atoms with Crippen molar-refractivity contribution in [3.8, 4) is 34.3 Å². The number of nitrogen functional groups attached to an aromatic ring is 1. The number of aromatic amines is 1. The number of para-hydroxylation sites is 2. The van der Waals surface area contributed by atoms with Gasteiger partial charge in [-0.2, -0.15) is 0 Å². The number of aromatic hydroxyl groups is 1. The Kier molecular flexibility index (Phi) is 5.87. The first-order chi connectivity index (χ1) is 15.8. The second kappa shape index (κ2) is 8.78. The number of carbonyl (C=O) groups excluding carboxylic acids is 1. The van der Waals surface area contributed by atoms with E-state index >= 15 is 0 Å². The van der Waals surface area contributed by atoms with Gasteiger partial charge < -0.3 is 30.2 Å². The highest BCUT2D eigenvalue weighted by Crippen LogP contribution is 2.42. The molecule has 0 bridgehead atoms. The molecule has 4 rings (SSSR count). The van der Waals surface area contributed by atoms with E-state index in [1.807, 2.05) is 24.3 Å². The molecule has 9 heteroatoms. The van der Waals surface area contributed by atoms with Crippen LogP contribution in [0, 0.1) is 0 Å². The lowest BCUT2D eigenvalue weighted by Gasteiger charge is -2.17. The second-order valence-electron chi connectivity index (χ2n) is 7.75. The molecule has 0 saturated heterocycles. The Balaban J connectivity index is 1.92. The number of anilines is 1. The predicted octanol–water partition coefficient (Wildman–Crippen LogP) is 3.35. The largest absolute Gasteiger partial charge is 0.505 e. The highest BCUT2D eigenvalue weighted by molar-refractivity contribution is 5.86. The van der Waals surface area contributed by atoms with E-state index < -0.39 is 0 Å². The van der Waals surface area contributed by atoms with Crippen molar-refractivity contribution >= 4 is 22.8 Å². The van der Waals surface area contributed by atoms with Gasteiger partial charge in [-0.3, -0.25) is 9.36 Å². The van der Waals surface area contributed by atoms with E-state index in [0.29, 0.717) is 53.1 Å². The fraction of sp³-hybridized carbons (Fsp3) is 0.250. The fourth-order valence-electron chi connectivity index (χ4n) is 3.81. The minimum atomic E-state index is -0.0684. The number of benzene rings is 2. The summed E-state index contributed by atoms with van der Waals surface area (Å²) in [6.07, 6.45) is 0.367. The second-order valence-corrected chi connectivity index (χ2v) is 7.75. The summed E-state index contributed by atoms with van der Waals surface area (Å²) in [7, 11) is 4.85. The Hall–Kier alpha value is -4.14. The standard InChI is InChI=1S/C24H27N5O4/c1-14(30)28(2)10-9-20-22(31)21(24-26-18-7-5-6-8-19(18)27-24)23(25)29(20)15-11-16(32-3)13-17(12-15)33-4/h5-8,11-13,31H,9-10,25H2,1-4H3,(H,26,27). The van der Waals surface area contributed by atoms with Gasteiger partial charge in [0, 0.05) is 45.1 Å². The summed E-state index contributed by atoms with van der Waals surface area (Å²) < 4.78 is 12.6. The lowest BCUT2D eigenvalue weighted by Crippen LogP contribution is -2.26. The maximum atomic E-state index is 11.7. The number of imidazole rings is 1. The molecule has 0 aliphatic heterocycles. The van der Waals surface area contributed by atoms with Gasteiger partial charge in [-0.05, 0) is 12.1 Å². The SMILES string of the molecule is COc1cc(OC)cc(-n2c(N)c(-c3nc4ccccc4[nH]3)c(O)c2CCN(C)C(C)=O)c1. The average molecular weight is 450 g/mol. The summed E-state index contributed by atoms with van der Waals surface area (Å²) in [5.74, 6) is 1.86. The molecule has 0 saturated carbocycles. The number of likely N-dealkylation sites (N-methyl/N-ethyl adjacent to an activating group) is 1. The van der Waals surface area contributed by atoms with Crippen LogP contribution >= 0.6 is 0 Å². The van der Waals surface area contributed by atoms with Gasteiger partial charge >= 0.3 is 0 Å². The lowest BCUT2D eigenvalue weighted by atomic mass is 10.2. The minimum absolute atomic E-state index is 0.00490. The predicted molar refractivity (Wildman–Crippen MR) is 127 cm³/mol. The van der Waals surface area contributed by atoms with E-state index in [4.69, 9.17) is 15.2 Å². The maximum absolute atomic E-state index is 11.7. The molecule has 4 aromatic rings. The number of amides is 1. The van der Waals surface area contributed by atoms with Gasteiger partial charge in [-0.25, -0.2) is 4.98 Å². The summed E-state index contributed by atoms with van der Waals surface area (Å²) >= 11 is 0. The van der Waals surface area contributed by atoms with Crippen LogP contribution in [-0.2, 0) is 11.2 Å². The zero-order valence-electron chi connectivity index (χ0n) is 19.0. The molecule has 2 aromatic heterocycles. The Bertz CT molecular complexity index is 1270. The third-order valence-corrected chi connectivity index (χ3v) is 5.72. The van der Waals surface area contributed by atoms with Gasteiger partial charge in [0.25, 0.3) is 0 Å². The Morgan fingerprint density at radius 1 is 1.18 bits per heavy atom. The van der Waals surface area contributed by atoms with Crippen molar-refractivity contribution in [3.05, 3.63) is 48.2 Å². The van der Waals surface area contributed by atoms with Crippen LogP contribution in [0.25, 0.3) is 28.1 Å². The summed E-state index contributed by atoms with van der Waals surface area (Å²) in [5.41, 5.74) is 9.82. The quantitative estimate of drug-likeness (QED) is 0.398. The molecular weight excluding hydrogens is 422 g/mol. The number of rotatable bonds is 7. The van der Waals surface area contributed by atoms with Gasteiger partial charge in [-0.15, -0.1) is 0 Å².